The molecule has 1 aromatic carbocycles. The Morgan fingerprint density at radius 2 is 2.20 bits per heavy atom. The van der Waals surface area contributed by atoms with Crippen molar-refractivity contribution in [2.24, 2.45) is 0 Å². The first-order chi connectivity index (χ1) is 9.61. The van der Waals surface area contributed by atoms with E-state index in [2.05, 4.69) is 29.1 Å². The Labute approximate surface area is 117 Å². The van der Waals surface area contributed by atoms with Crippen molar-refractivity contribution in [3.63, 3.8) is 0 Å². The summed E-state index contributed by atoms with van der Waals surface area (Å²) in [5.41, 5.74) is 1.30. The summed E-state index contributed by atoms with van der Waals surface area (Å²) in [6, 6.07) is 7.06. The third-order valence-electron chi connectivity index (χ3n) is 3.25. The molecule has 0 aliphatic heterocycles. The van der Waals surface area contributed by atoms with Crippen LogP contribution in [0.2, 0.25) is 0 Å². The van der Waals surface area contributed by atoms with Crippen LogP contribution in [0.5, 0.6) is 0 Å². The van der Waals surface area contributed by atoms with Crippen LogP contribution in [0.3, 0.4) is 0 Å². The molecular formula is C14H18N4O2. The van der Waals surface area contributed by atoms with Crippen LogP contribution in [0, 0.1) is 10.1 Å². The van der Waals surface area contributed by atoms with Crippen molar-refractivity contribution in [3.05, 3.63) is 46.4 Å². The van der Waals surface area contributed by atoms with Gasteiger partial charge in [0.2, 0.25) is 0 Å². The van der Waals surface area contributed by atoms with Gasteiger partial charge < -0.3 is 10.3 Å². The number of nitro groups is 1. The molecule has 1 aromatic heterocycles. The molecule has 6 nitrogen and oxygen atoms in total. The van der Waals surface area contributed by atoms with Gasteiger partial charge in [0.05, 0.1) is 28.9 Å². The third-order valence-corrected chi connectivity index (χ3v) is 3.25. The van der Waals surface area contributed by atoms with Crippen LogP contribution in [-0.2, 0) is 6.54 Å². The summed E-state index contributed by atoms with van der Waals surface area (Å²) in [4.78, 5) is 18.0. The molecule has 0 radical (unpaired) electrons. The molecule has 1 atom stereocenters. The summed E-state index contributed by atoms with van der Waals surface area (Å²) < 4.78 is 0. The fraction of sp³-hybridized carbons (Fsp3) is 0.357. The van der Waals surface area contributed by atoms with Crippen molar-refractivity contribution in [2.75, 3.05) is 0 Å². The molecule has 0 saturated heterocycles. The van der Waals surface area contributed by atoms with Crippen molar-refractivity contribution < 1.29 is 4.92 Å². The lowest BCUT2D eigenvalue weighted by Gasteiger charge is -2.08. The molecule has 0 fully saturated rings. The molecule has 0 bridgehead atoms. The van der Waals surface area contributed by atoms with Crippen molar-refractivity contribution in [3.8, 4) is 11.3 Å². The summed E-state index contributed by atoms with van der Waals surface area (Å²) >= 11 is 0. The Morgan fingerprint density at radius 3 is 2.90 bits per heavy atom. The molecule has 20 heavy (non-hydrogen) atoms. The van der Waals surface area contributed by atoms with Gasteiger partial charge in [0.25, 0.3) is 5.69 Å². The van der Waals surface area contributed by atoms with Crippen molar-refractivity contribution in [2.45, 2.75) is 32.9 Å². The number of nitrogens with zero attached hydrogens (tertiary/aromatic N) is 2. The van der Waals surface area contributed by atoms with E-state index in [1.54, 1.807) is 24.4 Å². The van der Waals surface area contributed by atoms with E-state index in [9.17, 15) is 10.1 Å². The van der Waals surface area contributed by atoms with Crippen LogP contribution in [-0.4, -0.2) is 20.9 Å². The maximum absolute atomic E-state index is 11.0. The number of rotatable bonds is 6. The molecule has 2 rings (SSSR count). The molecule has 106 valence electrons. The lowest BCUT2D eigenvalue weighted by Crippen LogP contribution is -2.24. The maximum Gasteiger partial charge on any atom is 0.278 e. The third kappa shape index (κ3) is 3.21. The van der Waals surface area contributed by atoms with Crippen LogP contribution >= 0.6 is 0 Å². The molecule has 6 heteroatoms. The molecule has 2 N–H and O–H groups in total. The lowest BCUT2D eigenvalue weighted by molar-refractivity contribution is -0.384. The molecular weight excluding hydrogens is 256 g/mol. The van der Waals surface area contributed by atoms with E-state index in [0.717, 1.165) is 12.2 Å². The first-order valence-electron chi connectivity index (χ1n) is 6.63. The summed E-state index contributed by atoms with van der Waals surface area (Å²) in [5.74, 6) is 0.776. The van der Waals surface area contributed by atoms with Crippen LogP contribution in [0.15, 0.2) is 30.5 Å². The first-order valence-corrected chi connectivity index (χ1v) is 6.63. The van der Waals surface area contributed by atoms with Gasteiger partial charge in [0.1, 0.15) is 5.82 Å². The fourth-order valence-electron chi connectivity index (χ4n) is 1.87. The average molecular weight is 274 g/mol. The van der Waals surface area contributed by atoms with Crippen molar-refractivity contribution in [1.82, 2.24) is 15.3 Å². The fourth-order valence-corrected chi connectivity index (χ4v) is 1.87. The topological polar surface area (TPSA) is 83.8 Å². The second kappa shape index (κ2) is 6.29. The largest absolute Gasteiger partial charge is 0.341 e. The van der Waals surface area contributed by atoms with E-state index < -0.39 is 0 Å². The van der Waals surface area contributed by atoms with Gasteiger partial charge >= 0.3 is 0 Å². The molecule has 0 amide bonds. The van der Waals surface area contributed by atoms with E-state index in [1.807, 2.05) is 0 Å². The second-order valence-electron chi connectivity index (χ2n) is 4.71. The number of hydrogen-bond donors (Lipinski definition) is 2. The summed E-state index contributed by atoms with van der Waals surface area (Å²) in [7, 11) is 0. The number of nitro benzene ring substituents is 1. The zero-order chi connectivity index (χ0) is 14.5. The second-order valence-corrected chi connectivity index (χ2v) is 4.71. The number of aromatic amines is 1. The first kappa shape index (κ1) is 14.2. The SMILES string of the molecule is CCC(C)NCc1ncc(-c2ccccc2[N+](=O)[O-])[nH]1. The molecule has 0 aliphatic rings. The number of H-pyrrole nitrogens is 1. The van der Waals surface area contributed by atoms with E-state index in [-0.39, 0.29) is 10.6 Å². The van der Waals surface area contributed by atoms with Crippen LogP contribution in [0.4, 0.5) is 5.69 Å². The van der Waals surface area contributed by atoms with Gasteiger partial charge in [0.15, 0.2) is 0 Å². The maximum atomic E-state index is 11.0. The highest BCUT2D eigenvalue weighted by atomic mass is 16.6. The van der Waals surface area contributed by atoms with Crippen LogP contribution < -0.4 is 5.32 Å². The number of hydrogen-bond acceptors (Lipinski definition) is 4. The van der Waals surface area contributed by atoms with E-state index >= 15 is 0 Å². The number of para-hydroxylation sites is 1. The van der Waals surface area contributed by atoms with E-state index in [1.165, 1.54) is 6.07 Å². The Bertz CT molecular complexity index is 594. The van der Waals surface area contributed by atoms with Gasteiger partial charge in [-0.05, 0) is 19.4 Å². The average Bonchev–Trinajstić information content (AvgIpc) is 2.93. The standard InChI is InChI=1S/C14H18N4O2/c1-3-10(2)15-9-14-16-8-12(17-14)11-6-4-5-7-13(11)18(19)20/h4-8,10,15H,3,9H2,1-2H3,(H,16,17). The number of nitrogens with one attached hydrogen (secondary N) is 2. The molecule has 2 aromatic rings. The number of imidazole rings is 1. The number of aromatic nitrogens is 2. The quantitative estimate of drug-likeness (QED) is 0.626. The highest BCUT2D eigenvalue weighted by Gasteiger charge is 2.15. The molecule has 0 spiro atoms. The molecule has 1 unspecified atom stereocenters. The minimum absolute atomic E-state index is 0.0811. The Morgan fingerprint density at radius 1 is 1.45 bits per heavy atom. The zero-order valence-electron chi connectivity index (χ0n) is 11.6. The highest BCUT2D eigenvalue weighted by Crippen LogP contribution is 2.27. The van der Waals surface area contributed by atoms with E-state index in [4.69, 9.17) is 0 Å². The summed E-state index contributed by atoms with van der Waals surface area (Å²) in [6.45, 7) is 4.83. The number of benzene rings is 1. The minimum atomic E-state index is -0.382. The monoisotopic (exact) mass is 274 g/mol. The van der Waals surface area contributed by atoms with Gasteiger partial charge in [-0.2, -0.15) is 0 Å². The lowest BCUT2D eigenvalue weighted by atomic mass is 10.1. The zero-order valence-corrected chi connectivity index (χ0v) is 11.6. The predicted molar refractivity (Wildman–Crippen MR) is 77.3 cm³/mol. The smallest absolute Gasteiger partial charge is 0.278 e. The van der Waals surface area contributed by atoms with Crippen LogP contribution in [0.1, 0.15) is 26.1 Å². The van der Waals surface area contributed by atoms with Gasteiger partial charge in [-0.25, -0.2) is 4.98 Å². The van der Waals surface area contributed by atoms with Crippen molar-refractivity contribution >= 4 is 5.69 Å². The van der Waals surface area contributed by atoms with Gasteiger partial charge in [-0.1, -0.05) is 19.1 Å². The Balaban J connectivity index is 2.19. The molecule has 1 heterocycles. The van der Waals surface area contributed by atoms with Crippen LogP contribution in [0.25, 0.3) is 11.3 Å². The minimum Gasteiger partial charge on any atom is -0.341 e. The van der Waals surface area contributed by atoms with E-state index in [0.29, 0.717) is 23.8 Å². The Hall–Kier alpha value is -2.21. The molecule has 0 saturated carbocycles. The van der Waals surface area contributed by atoms with Gasteiger partial charge in [-0.3, -0.25) is 10.1 Å². The summed E-state index contributed by atoms with van der Waals surface area (Å²) in [5, 5.41) is 14.3. The Kier molecular flexibility index (Phi) is 4.47. The normalized spacial score (nSPS) is 12.3. The summed E-state index contributed by atoms with van der Waals surface area (Å²) in [6.07, 6.45) is 2.67. The van der Waals surface area contributed by atoms with Crippen molar-refractivity contribution in [1.29, 1.82) is 0 Å². The highest BCUT2D eigenvalue weighted by molar-refractivity contribution is 5.70. The molecule has 0 aliphatic carbocycles. The van der Waals surface area contributed by atoms with Gasteiger partial charge in [-0.15, -0.1) is 0 Å². The van der Waals surface area contributed by atoms with Gasteiger partial charge in [0, 0.05) is 12.1 Å². The predicted octanol–water partition coefficient (Wildman–Crippen LogP) is 2.87.